The number of hydrogen-bond acceptors (Lipinski definition) is 6. The van der Waals surface area contributed by atoms with Crippen LogP contribution >= 0.6 is 0 Å². The summed E-state index contributed by atoms with van der Waals surface area (Å²) in [4.78, 5) is 9.34. The van der Waals surface area contributed by atoms with Crippen LogP contribution in [-0.4, -0.2) is 25.5 Å². The summed E-state index contributed by atoms with van der Waals surface area (Å²) in [7, 11) is -2.24. The van der Waals surface area contributed by atoms with E-state index in [9.17, 15) is 8.42 Å². The van der Waals surface area contributed by atoms with Gasteiger partial charge in [-0.2, -0.15) is 0 Å². The molecular weight excluding hydrogens is 400 g/mol. The fourth-order valence-electron chi connectivity index (χ4n) is 2.97. The molecule has 7 nitrogen and oxygen atoms in total. The lowest BCUT2D eigenvalue weighted by atomic mass is 10.2. The largest absolute Gasteiger partial charge is 0.497 e. The zero-order chi connectivity index (χ0) is 21.1. The third-order valence-electron chi connectivity index (χ3n) is 4.53. The van der Waals surface area contributed by atoms with Gasteiger partial charge in [0.1, 0.15) is 5.75 Å². The molecule has 0 amide bonds. The van der Waals surface area contributed by atoms with Gasteiger partial charge >= 0.3 is 0 Å². The molecule has 0 bridgehead atoms. The summed E-state index contributed by atoms with van der Waals surface area (Å²) in [5.74, 6) is 1.14. The Bertz CT molecular complexity index is 1290. The Morgan fingerprint density at radius 1 is 0.833 bits per heavy atom. The zero-order valence-corrected chi connectivity index (χ0v) is 17.3. The molecule has 4 aromatic rings. The van der Waals surface area contributed by atoms with Gasteiger partial charge < -0.3 is 10.1 Å². The number of nitrogens with zero attached hydrogens (tertiary/aromatic N) is 2. The first-order chi connectivity index (χ1) is 14.5. The van der Waals surface area contributed by atoms with E-state index in [4.69, 9.17) is 4.74 Å². The molecule has 0 atom stereocenters. The number of para-hydroxylation sites is 1. The van der Waals surface area contributed by atoms with E-state index in [2.05, 4.69) is 20.0 Å². The number of ether oxygens (including phenoxy) is 1. The van der Waals surface area contributed by atoms with Crippen molar-refractivity contribution < 1.29 is 13.2 Å². The summed E-state index contributed by atoms with van der Waals surface area (Å²) in [5.41, 5.74) is 2.95. The van der Waals surface area contributed by atoms with Gasteiger partial charge in [0, 0.05) is 5.69 Å². The molecule has 8 heteroatoms. The summed E-state index contributed by atoms with van der Waals surface area (Å²) in [5, 5.41) is 3.16. The first-order valence-electron chi connectivity index (χ1n) is 9.22. The highest BCUT2D eigenvalue weighted by molar-refractivity contribution is 7.92. The Labute approximate surface area is 174 Å². The van der Waals surface area contributed by atoms with Crippen molar-refractivity contribution in [3.05, 3.63) is 78.4 Å². The van der Waals surface area contributed by atoms with Gasteiger partial charge in [0.05, 0.1) is 23.0 Å². The van der Waals surface area contributed by atoms with Crippen molar-refractivity contribution in [3.63, 3.8) is 0 Å². The van der Waals surface area contributed by atoms with Crippen LogP contribution in [-0.2, 0) is 10.0 Å². The van der Waals surface area contributed by atoms with Crippen LogP contribution in [0.25, 0.3) is 11.0 Å². The molecule has 2 N–H and O–H groups in total. The summed E-state index contributed by atoms with van der Waals surface area (Å²) < 4.78 is 33.5. The minimum atomic E-state index is -3.83. The average Bonchev–Trinajstić information content (AvgIpc) is 2.76. The van der Waals surface area contributed by atoms with E-state index in [0.29, 0.717) is 22.6 Å². The van der Waals surface area contributed by atoms with E-state index in [1.54, 1.807) is 43.5 Å². The lowest BCUT2D eigenvalue weighted by Gasteiger charge is -2.14. The van der Waals surface area contributed by atoms with Gasteiger partial charge in [0.15, 0.2) is 11.6 Å². The number of hydrogen-bond donors (Lipinski definition) is 2. The van der Waals surface area contributed by atoms with E-state index in [1.165, 1.54) is 12.1 Å². The first kappa shape index (κ1) is 19.7. The summed E-state index contributed by atoms with van der Waals surface area (Å²) in [6, 6.07) is 21.0. The predicted octanol–water partition coefficient (Wildman–Crippen LogP) is 4.49. The van der Waals surface area contributed by atoms with Crippen molar-refractivity contribution in [1.82, 2.24) is 9.97 Å². The molecule has 152 valence electrons. The van der Waals surface area contributed by atoms with Crippen LogP contribution in [0.2, 0.25) is 0 Å². The van der Waals surface area contributed by atoms with Gasteiger partial charge in [-0.05, 0) is 55.0 Å². The van der Waals surface area contributed by atoms with E-state index in [0.717, 1.165) is 11.3 Å². The first-order valence-corrected chi connectivity index (χ1v) is 10.7. The summed E-state index contributed by atoms with van der Waals surface area (Å²) in [6.45, 7) is 1.93. The quantitative estimate of drug-likeness (QED) is 0.477. The molecule has 0 aliphatic rings. The Morgan fingerprint density at radius 3 is 2.27 bits per heavy atom. The van der Waals surface area contributed by atoms with E-state index in [1.807, 2.05) is 31.2 Å². The predicted molar refractivity (Wildman–Crippen MR) is 118 cm³/mol. The van der Waals surface area contributed by atoms with Crippen LogP contribution < -0.4 is 14.8 Å². The molecule has 1 aromatic heterocycles. The molecule has 0 spiro atoms. The number of aromatic nitrogens is 2. The molecule has 1 heterocycles. The molecule has 4 rings (SSSR count). The third-order valence-corrected chi connectivity index (χ3v) is 5.89. The fourth-order valence-corrected chi connectivity index (χ4v) is 4.00. The maximum absolute atomic E-state index is 12.9. The van der Waals surface area contributed by atoms with Crippen molar-refractivity contribution >= 4 is 38.4 Å². The second-order valence-corrected chi connectivity index (χ2v) is 8.32. The van der Waals surface area contributed by atoms with Crippen LogP contribution in [0.5, 0.6) is 5.75 Å². The maximum Gasteiger partial charge on any atom is 0.263 e. The fraction of sp³-hybridized carbons (Fsp3) is 0.0909. The molecule has 0 fully saturated rings. The molecule has 0 unspecified atom stereocenters. The minimum Gasteiger partial charge on any atom is -0.497 e. The second kappa shape index (κ2) is 8.00. The van der Waals surface area contributed by atoms with Crippen molar-refractivity contribution in [2.24, 2.45) is 0 Å². The van der Waals surface area contributed by atoms with Crippen LogP contribution in [0, 0.1) is 6.92 Å². The third kappa shape index (κ3) is 4.04. The van der Waals surface area contributed by atoms with Crippen LogP contribution in [0.1, 0.15) is 5.56 Å². The topological polar surface area (TPSA) is 93.2 Å². The van der Waals surface area contributed by atoms with Gasteiger partial charge in [-0.15, -0.1) is 0 Å². The normalized spacial score (nSPS) is 11.3. The van der Waals surface area contributed by atoms with Crippen molar-refractivity contribution in [2.75, 3.05) is 17.1 Å². The van der Waals surface area contributed by atoms with E-state index in [-0.39, 0.29) is 10.7 Å². The number of fused-ring (bicyclic) bond motifs is 1. The Morgan fingerprint density at radius 2 is 1.57 bits per heavy atom. The van der Waals surface area contributed by atoms with Gasteiger partial charge in [0.25, 0.3) is 10.0 Å². The van der Waals surface area contributed by atoms with E-state index >= 15 is 0 Å². The van der Waals surface area contributed by atoms with Crippen LogP contribution in [0.4, 0.5) is 17.3 Å². The smallest absolute Gasteiger partial charge is 0.263 e. The number of anilines is 3. The van der Waals surface area contributed by atoms with Crippen LogP contribution in [0.15, 0.2) is 77.7 Å². The number of rotatable bonds is 6. The molecule has 0 saturated heterocycles. The van der Waals surface area contributed by atoms with Gasteiger partial charge in [-0.25, -0.2) is 18.4 Å². The highest BCUT2D eigenvalue weighted by Gasteiger charge is 2.19. The van der Waals surface area contributed by atoms with Gasteiger partial charge in [0.2, 0.25) is 0 Å². The number of aryl methyl sites for hydroxylation is 1. The minimum absolute atomic E-state index is 0.118. The Hall–Kier alpha value is -3.65. The lowest BCUT2D eigenvalue weighted by Crippen LogP contribution is -2.16. The Balaban J connectivity index is 1.79. The molecular formula is C22H20N4O3S. The molecule has 30 heavy (non-hydrogen) atoms. The van der Waals surface area contributed by atoms with E-state index < -0.39 is 10.0 Å². The number of sulfonamides is 1. The maximum atomic E-state index is 12.9. The molecule has 0 aliphatic heterocycles. The summed E-state index contributed by atoms with van der Waals surface area (Å²) in [6.07, 6.45) is 0. The summed E-state index contributed by atoms with van der Waals surface area (Å²) >= 11 is 0. The average molecular weight is 420 g/mol. The molecule has 3 aromatic carbocycles. The van der Waals surface area contributed by atoms with Crippen molar-refractivity contribution in [3.8, 4) is 5.75 Å². The molecule has 0 saturated carbocycles. The molecule has 0 radical (unpaired) electrons. The van der Waals surface area contributed by atoms with Gasteiger partial charge in [-0.1, -0.05) is 30.3 Å². The molecule has 0 aliphatic carbocycles. The Kier molecular flexibility index (Phi) is 5.24. The lowest BCUT2D eigenvalue weighted by molar-refractivity contribution is 0.415. The van der Waals surface area contributed by atoms with Gasteiger partial charge in [-0.3, -0.25) is 4.72 Å². The zero-order valence-electron chi connectivity index (χ0n) is 16.5. The van der Waals surface area contributed by atoms with Crippen LogP contribution in [0.3, 0.4) is 0 Å². The standard InChI is InChI=1S/C22H20N4O3S/c1-15-7-6-10-19-20(15)25-21(23-16-11-13-17(29-2)14-12-16)22(24-19)26-30(27,28)18-8-4-3-5-9-18/h3-14H,1-2H3,(H,23,25)(H,24,26). The number of methoxy groups -OCH3 is 1. The SMILES string of the molecule is COc1ccc(Nc2nc3c(C)cccc3nc2NS(=O)(=O)c2ccccc2)cc1. The monoisotopic (exact) mass is 420 g/mol. The van der Waals surface area contributed by atoms with Crippen molar-refractivity contribution in [1.29, 1.82) is 0 Å². The number of benzene rings is 3. The highest BCUT2D eigenvalue weighted by Crippen LogP contribution is 2.28. The van der Waals surface area contributed by atoms with Crippen molar-refractivity contribution in [2.45, 2.75) is 11.8 Å². The highest BCUT2D eigenvalue weighted by atomic mass is 32.2. The number of nitrogens with one attached hydrogen (secondary N) is 2. The second-order valence-electron chi connectivity index (χ2n) is 6.64.